The van der Waals surface area contributed by atoms with Crippen molar-refractivity contribution in [2.24, 2.45) is 0 Å². The highest BCUT2D eigenvalue weighted by atomic mass is 16.5. The van der Waals surface area contributed by atoms with Crippen LogP contribution < -0.4 is 0 Å². The SMILES string of the molecule is O=C(c1cccnc1)N1CCO[C@H]2[C@H](OCc3ccncc3)CC[C@@H]21. The predicted molar refractivity (Wildman–Crippen MR) is 90.8 cm³/mol. The summed E-state index contributed by atoms with van der Waals surface area (Å²) >= 11 is 0. The number of nitrogens with zero attached hydrogens (tertiary/aromatic N) is 3. The molecule has 1 saturated heterocycles. The first-order chi connectivity index (χ1) is 12.3. The van der Waals surface area contributed by atoms with Gasteiger partial charge < -0.3 is 14.4 Å². The summed E-state index contributed by atoms with van der Waals surface area (Å²) in [6.07, 6.45) is 8.59. The minimum atomic E-state index is -0.0591. The minimum Gasteiger partial charge on any atom is -0.372 e. The highest BCUT2D eigenvalue weighted by Gasteiger charge is 2.45. The van der Waals surface area contributed by atoms with Crippen molar-refractivity contribution in [1.82, 2.24) is 14.9 Å². The van der Waals surface area contributed by atoms with Crippen LogP contribution in [0, 0.1) is 0 Å². The minimum absolute atomic E-state index is 0.0164. The van der Waals surface area contributed by atoms with E-state index in [1.165, 1.54) is 0 Å². The van der Waals surface area contributed by atoms with E-state index in [1.807, 2.05) is 23.1 Å². The fourth-order valence-corrected chi connectivity index (χ4v) is 3.68. The monoisotopic (exact) mass is 339 g/mol. The zero-order valence-corrected chi connectivity index (χ0v) is 14.0. The maximum absolute atomic E-state index is 12.8. The van der Waals surface area contributed by atoms with E-state index in [0.29, 0.717) is 25.3 Å². The second-order valence-electron chi connectivity index (χ2n) is 6.43. The van der Waals surface area contributed by atoms with Crippen LogP contribution in [-0.2, 0) is 16.1 Å². The van der Waals surface area contributed by atoms with E-state index in [-0.39, 0.29) is 24.2 Å². The number of rotatable bonds is 4. The summed E-state index contributed by atoms with van der Waals surface area (Å²) in [7, 11) is 0. The number of hydrogen-bond acceptors (Lipinski definition) is 5. The van der Waals surface area contributed by atoms with Crippen molar-refractivity contribution in [1.29, 1.82) is 0 Å². The third-order valence-corrected chi connectivity index (χ3v) is 4.92. The van der Waals surface area contributed by atoms with Gasteiger partial charge in [0.15, 0.2) is 0 Å². The number of amides is 1. The van der Waals surface area contributed by atoms with Gasteiger partial charge in [0.1, 0.15) is 6.10 Å². The number of hydrogen-bond donors (Lipinski definition) is 0. The molecule has 1 aliphatic heterocycles. The number of morpholine rings is 1. The van der Waals surface area contributed by atoms with Crippen LogP contribution in [0.4, 0.5) is 0 Å². The van der Waals surface area contributed by atoms with Crippen LogP contribution in [0.25, 0.3) is 0 Å². The molecule has 2 fully saturated rings. The Morgan fingerprint density at radius 3 is 2.88 bits per heavy atom. The summed E-state index contributed by atoms with van der Waals surface area (Å²) in [6.45, 7) is 1.70. The number of fused-ring (bicyclic) bond motifs is 1. The maximum atomic E-state index is 12.8. The molecule has 0 bridgehead atoms. The average molecular weight is 339 g/mol. The van der Waals surface area contributed by atoms with Crippen LogP contribution in [0.1, 0.15) is 28.8 Å². The fraction of sp³-hybridized carbons (Fsp3) is 0.421. The highest BCUT2D eigenvalue weighted by Crippen LogP contribution is 2.33. The molecule has 0 unspecified atom stereocenters. The summed E-state index contributed by atoms with van der Waals surface area (Å²) in [6, 6.07) is 7.58. The molecule has 2 aliphatic rings. The van der Waals surface area contributed by atoms with E-state index in [0.717, 1.165) is 18.4 Å². The molecule has 1 aliphatic carbocycles. The molecule has 3 atom stereocenters. The molecule has 0 N–H and O–H groups in total. The van der Waals surface area contributed by atoms with Crippen molar-refractivity contribution in [2.45, 2.75) is 37.7 Å². The molecule has 1 amide bonds. The summed E-state index contributed by atoms with van der Waals surface area (Å²) in [5, 5.41) is 0. The topological polar surface area (TPSA) is 64.6 Å². The van der Waals surface area contributed by atoms with Crippen LogP contribution in [-0.4, -0.2) is 52.2 Å². The lowest BCUT2D eigenvalue weighted by molar-refractivity contribution is -0.108. The second-order valence-corrected chi connectivity index (χ2v) is 6.43. The third kappa shape index (κ3) is 3.41. The number of carbonyl (C=O) groups excluding carboxylic acids is 1. The molecule has 1 saturated carbocycles. The van der Waals surface area contributed by atoms with Crippen molar-refractivity contribution in [3.63, 3.8) is 0 Å². The van der Waals surface area contributed by atoms with Gasteiger partial charge in [-0.15, -0.1) is 0 Å². The van der Waals surface area contributed by atoms with Crippen LogP contribution in [0.3, 0.4) is 0 Å². The molecule has 3 heterocycles. The molecule has 0 spiro atoms. The maximum Gasteiger partial charge on any atom is 0.255 e. The van der Waals surface area contributed by atoms with Gasteiger partial charge >= 0.3 is 0 Å². The van der Waals surface area contributed by atoms with Crippen LogP contribution in [0.15, 0.2) is 49.1 Å². The largest absolute Gasteiger partial charge is 0.372 e. The zero-order chi connectivity index (χ0) is 17.1. The Balaban J connectivity index is 1.42. The number of carbonyl (C=O) groups is 1. The Morgan fingerprint density at radius 1 is 1.20 bits per heavy atom. The lowest BCUT2D eigenvalue weighted by atomic mass is 10.1. The van der Waals surface area contributed by atoms with Crippen LogP contribution in [0.5, 0.6) is 0 Å². The van der Waals surface area contributed by atoms with Gasteiger partial charge in [0.2, 0.25) is 0 Å². The first-order valence-electron chi connectivity index (χ1n) is 8.66. The van der Waals surface area contributed by atoms with E-state index < -0.39 is 0 Å². The molecule has 2 aromatic heterocycles. The van der Waals surface area contributed by atoms with Gasteiger partial charge in [-0.2, -0.15) is 0 Å². The molecule has 25 heavy (non-hydrogen) atoms. The van der Waals surface area contributed by atoms with E-state index in [2.05, 4.69) is 9.97 Å². The molecule has 0 radical (unpaired) electrons. The molecule has 6 nitrogen and oxygen atoms in total. The van der Waals surface area contributed by atoms with Gasteiger partial charge in [0.05, 0.1) is 30.9 Å². The van der Waals surface area contributed by atoms with Crippen molar-refractivity contribution in [2.75, 3.05) is 13.2 Å². The molecule has 6 heteroatoms. The Bertz CT molecular complexity index is 710. The fourth-order valence-electron chi connectivity index (χ4n) is 3.68. The lowest BCUT2D eigenvalue weighted by Gasteiger charge is -2.39. The Kier molecular flexibility index (Phi) is 4.72. The van der Waals surface area contributed by atoms with Crippen LogP contribution >= 0.6 is 0 Å². The Labute approximate surface area is 146 Å². The third-order valence-electron chi connectivity index (χ3n) is 4.92. The van der Waals surface area contributed by atoms with Gasteiger partial charge in [-0.25, -0.2) is 0 Å². The van der Waals surface area contributed by atoms with Gasteiger partial charge in [0, 0.05) is 31.3 Å². The molecular formula is C19H21N3O3. The van der Waals surface area contributed by atoms with E-state index >= 15 is 0 Å². The van der Waals surface area contributed by atoms with Crippen molar-refractivity contribution in [3.8, 4) is 0 Å². The van der Waals surface area contributed by atoms with Gasteiger partial charge in [-0.3, -0.25) is 14.8 Å². The number of ether oxygens (including phenoxy) is 2. The Hall–Kier alpha value is -2.31. The predicted octanol–water partition coefficient (Wildman–Crippen LogP) is 2.07. The van der Waals surface area contributed by atoms with E-state index in [9.17, 15) is 4.79 Å². The average Bonchev–Trinajstić information content (AvgIpc) is 3.10. The smallest absolute Gasteiger partial charge is 0.255 e. The molecule has 0 aromatic carbocycles. The van der Waals surface area contributed by atoms with Gasteiger partial charge in [-0.05, 0) is 42.7 Å². The van der Waals surface area contributed by atoms with Crippen molar-refractivity contribution < 1.29 is 14.3 Å². The number of pyridine rings is 2. The first kappa shape index (κ1) is 16.2. The van der Waals surface area contributed by atoms with E-state index in [1.54, 1.807) is 30.9 Å². The second kappa shape index (κ2) is 7.29. The molecular weight excluding hydrogens is 318 g/mol. The lowest BCUT2D eigenvalue weighted by Crippen LogP contribution is -2.53. The highest BCUT2D eigenvalue weighted by molar-refractivity contribution is 5.94. The normalized spacial score (nSPS) is 25.6. The quantitative estimate of drug-likeness (QED) is 0.853. The van der Waals surface area contributed by atoms with Crippen molar-refractivity contribution >= 4 is 5.91 Å². The molecule has 4 rings (SSSR count). The van der Waals surface area contributed by atoms with Gasteiger partial charge in [-0.1, -0.05) is 0 Å². The Morgan fingerprint density at radius 2 is 2.08 bits per heavy atom. The van der Waals surface area contributed by atoms with Gasteiger partial charge in [0.25, 0.3) is 5.91 Å². The standard InChI is InChI=1S/C19H21N3O3/c23-19(15-2-1-7-21-12-15)22-10-11-24-18-16(22)3-4-17(18)25-13-14-5-8-20-9-6-14/h1-2,5-9,12,16-18H,3-4,10-11,13H2/t16-,17+,18+/m0/s1. The summed E-state index contributed by atoms with van der Waals surface area (Å²) in [5.74, 6) is 0.0289. The molecule has 130 valence electrons. The van der Waals surface area contributed by atoms with E-state index in [4.69, 9.17) is 9.47 Å². The van der Waals surface area contributed by atoms with Crippen molar-refractivity contribution in [3.05, 3.63) is 60.2 Å². The summed E-state index contributed by atoms with van der Waals surface area (Å²) in [5.41, 5.74) is 1.72. The summed E-state index contributed by atoms with van der Waals surface area (Å²) < 4.78 is 12.1. The number of aromatic nitrogens is 2. The first-order valence-corrected chi connectivity index (χ1v) is 8.66. The zero-order valence-electron chi connectivity index (χ0n) is 14.0. The molecule has 2 aromatic rings. The van der Waals surface area contributed by atoms with Crippen LogP contribution in [0.2, 0.25) is 0 Å². The summed E-state index contributed by atoms with van der Waals surface area (Å²) in [4.78, 5) is 22.8.